The number of aromatic nitrogens is 4. The Balaban J connectivity index is 1.45. The number of rotatable bonds is 3. The second kappa shape index (κ2) is 6.96. The van der Waals surface area contributed by atoms with Crippen molar-refractivity contribution in [3.05, 3.63) is 59.9 Å². The highest BCUT2D eigenvalue weighted by Gasteiger charge is 2.16. The maximum atomic E-state index is 6.29. The first-order chi connectivity index (χ1) is 13.7. The van der Waals surface area contributed by atoms with Gasteiger partial charge in [-0.05, 0) is 37.4 Å². The summed E-state index contributed by atoms with van der Waals surface area (Å²) in [5.74, 6) is 0.809. The van der Waals surface area contributed by atoms with Gasteiger partial charge < -0.3 is 14.8 Å². The lowest BCUT2D eigenvalue weighted by molar-refractivity contribution is 0.313. The molecular weight excluding hydrogens is 372 g/mol. The molecule has 0 amide bonds. The summed E-state index contributed by atoms with van der Waals surface area (Å²) >= 11 is 6.29. The minimum Gasteiger partial charge on any atom is -0.369 e. The van der Waals surface area contributed by atoms with Crippen LogP contribution in [0.1, 0.15) is 0 Å². The van der Waals surface area contributed by atoms with E-state index in [9.17, 15) is 0 Å². The van der Waals surface area contributed by atoms with Gasteiger partial charge in [-0.2, -0.15) is 5.10 Å². The molecule has 0 radical (unpaired) electrons. The lowest BCUT2D eigenvalue weighted by atomic mass is 10.2. The zero-order valence-electron chi connectivity index (χ0n) is 15.6. The molecule has 0 bridgehead atoms. The van der Waals surface area contributed by atoms with Gasteiger partial charge in [0, 0.05) is 38.1 Å². The number of anilines is 1. The minimum atomic E-state index is 0.665. The summed E-state index contributed by atoms with van der Waals surface area (Å²) in [7, 11) is 2.17. The van der Waals surface area contributed by atoms with Crippen LogP contribution in [0.2, 0.25) is 5.02 Å². The zero-order valence-corrected chi connectivity index (χ0v) is 16.4. The highest BCUT2D eigenvalue weighted by molar-refractivity contribution is 6.32. The number of nitrogens with one attached hydrogen (secondary N) is 1. The number of para-hydroxylation sites is 1. The van der Waals surface area contributed by atoms with E-state index >= 15 is 0 Å². The van der Waals surface area contributed by atoms with Crippen molar-refractivity contribution >= 4 is 28.3 Å². The van der Waals surface area contributed by atoms with Crippen LogP contribution >= 0.6 is 11.6 Å². The molecule has 1 N–H and O–H groups in total. The van der Waals surface area contributed by atoms with Crippen molar-refractivity contribution in [2.75, 3.05) is 38.1 Å². The van der Waals surface area contributed by atoms with Crippen molar-refractivity contribution in [1.29, 1.82) is 0 Å². The van der Waals surface area contributed by atoms with Crippen LogP contribution in [0.3, 0.4) is 0 Å². The number of piperazine rings is 1. The number of likely N-dealkylation sites (N-methyl/N-ethyl adjacent to an activating group) is 1. The monoisotopic (exact) mass is 392 g/mol. The third-order valence-corrected chi connectivity index (χ3v) is 5.61. The van der Waals surface area contributed by atoms with E-state index in [-0.39, 0.29) is 0 Å². The van der Waals surface area contributed by atoms with Crippen molar-refractivity contribution < 1.29 is 0 Å². The molecule has 3 heterocycles. The summed E-state index contributed by atoms with van der Waals surface area (Å²) in [5.41, 5.74) is 5.01. The average molecular weight is 393 g/mol. The molecule has 1 fully saturated rings. The van der Waals surface area contributed by atoms with E-state index in [4.69, 9.17) is 16.6 Å². The fourth-order valence-electron chi connectivity index (χ4n) is 3.61. The molecule has 4 aromatic rings. The lowest BCUT2D eigenvalue weighted by Crippen LogP contribution is -2.44. The molecule has 1 saturated heterocycles. The van der Waals surface area contributed by atoms with Crippen molar-refractivity contribution in [3.63, 3.8) is 0 Å². The smallest absolute Gasteiger partial charge is 0.141 e. The predicted molar refractivity (Wildman–Crippen MR) is 113 cm³/mol. The first-order valence-electron chi connectivity index (χ1n) is 9.40. The van der Waals surface area contributed by atoms with Crippen LogP contribution in [0.5, 0.6) is 0 Å². The molecule has 2 aromatic heterocycles. The molecule has 0 saturated carbocycles. The molecule has 0 unspecified atom stereocenters. The molecule has 5 rings (SSSR count). The molecule has 6 nitrogen and oxygen atoms in total. The highest BCUT2D eigenvalue weighted by atomic mass is 35.5. The van der Waals surface area contributed by atoms with Crippen LogP contribution in [-0.2, 0) is 0 Å². The van der Waals surface area contributed by atoms with Gasteiger partial charge in [0.25, 0.3) is 0 Å². The van der Waals surface area contributed by atoms with E-state index < -0.39 is 0 Å². The number of halogens is 1. The van der Waals surface area contributed by atoms with Crippen molar-refractivity contribution in [2.24, 2.45) is 0 Å². The number of hydrogen-bond acceptors (Lipinski definition) is 4. The Bertz CT molecular complexity index is 1120. The number of nitrogens with zero attached hydrogens (tertiary/aromatic N) is 5. The van der Waals surface area contributed by atoms with Gasteiger partial charge in [0.2, 0.25) is 0 Å². The van der Waals surface area contributed by atoms with Gasteiger partial charge in [-0.3, -0.25) is 0 Å². The summed E-state index contributed by atoms with van der Waals surface area (Å²) < 4.78 is 1.78. The van der Waals surface area contributed by atoms with Crippen molar-refractivity contribution in [3.8, 4) is 17.1 Å². The van der Waals surface area contributed by atoms with E-state index in [0.29, 0.717) is 5.02 Å². The highest BCUT2D eigenvalue weighted by Crippen LogP contribution is 2.26. The van der Waals surface area contributed by atoms with E-state index in [1.54, 1.807) is 4.68 Å². The molecule has 0 aliphatic carbocycles. The van der Waals surface area contributed by atoms with Crippen LogP contribution in [0.4, 0.5) is 5.69 Å². The Hall–Kier alpha value is -2.83. The van der Waals surface area contributed by atoms with Gasteiger partial charge in [-0.15, -0.1) is 0 Å². The fourth-order valence-corrected chi connectivity index (χ4v) is 3.83. The molecule has 7 heteroatoms. The van der Waals surface area contributed by atoms with Crippen molar-refractivity contribution in [2.45, 2.75) is 0 Å². The molecule has 142 valence electrons. The topological polar surface area (TPSA) is 53.0 Å². The third-order valence-electron chi connectivity index (χ3n) is 5.29. The SMILES string of the molecule is CN1CCN(c2ccc3nc(-c4cnn(-c5ccccc5Cl)c4)[nH]c3c2)CC1. The van der Waals surface area contributed by atoms with Gasteiger partial charge in [0.1, 0.15) is 5.82 Å². The van der Waals surface area contributed by atoms with Gasteiger partial charge in [-0.25, -0.2) is 9.67 Å². The number of H-pyrrole nitrogens is 1. The van der Waals surface area contributed by atoms with Crippen LogP contribution < -0.4 is 4.90 Å². The van der Waals surface area contributed by atoms with Crippen LogP contribution in [-0.4, -0.2) is 57.9 Å². The Labute approximate surface area is 168 Å². The van der Waals surface area contributed by atoms with Gasteiger partial charge in [0.15, 0.2) is 0 Å². The quantitative estimate of drug-likeness (QED) is 0.576. The molecule has 0 spiro atoms. The minimum absolute atomic E-state index is 0.665. The number of aromatic amines is 1. The van der Waals surface area contributed by atoms with Crippen molar-refractivity contribution in [1.82, 2.24) is 24.6 Å². The van der Waals surface area contributed by atoms with E-state index in [0.717, 1.165) is 54.3 Å². The first kappa shape index (κ1) is 17.3. The number of benzene rings is 2. The molecule has 2 aromatic carbocycles. The Morgan fingerprint density at radius 3 is 2.68 bits per heavy atom. The van der Waals surface area contributed by atoms with Crippen LogP contribution in [0, 0.1) is 0 Å². The second-order valence-electron chi connectivity index (χ2n) is 7.20. The molecular formula is C21H21ClN6. The number of fused-ring (bicyclic) bond motifs is 1. The summed E-state index contributed by atoms with van der Waals surface area (Å²) in [5, 5.41) is 5.12. The summed E-state index contributed by atoms with van der Waals surface area (Å²) in [4.78, 5) is 13.0. The van der Waals surface area contributed by atoms with E-state index in [1.807, 2.05) is 36.7 Å². The average Bonchev–Trinajstić information content (AvgIpc) is 3.35. The lowest BCUT2D eigenvalue weighted by Gasteiger charge is -2.34. The van der Waals surface area contributed by atoms with E-state index in [1.165, 1.54) is 5.69 Å². The standard InChI is InChI=1S/C21H21ClN6/c1-26-8-10-27(11-9-26)16-6-7-18-19(12-16)25-21(24-18)15-13-23-28(14-15)20-5-3-2-4-17(20)22/h2-7,12-14H,8-11H2,1H3,(H,24,25). The fraction of sp³-hybridized carbons (Fsp3) is 0.238. The largest absolute Gasteiger partial charge is 0.369 e. The number of hydrogen-bond donors (Lipinski definition) is 1. The Morgan fingerprint density at radius 1 is 1.04 bits per heavy atom. The Kier molecular flexibility index (Phi) is 4.30. The first-order valence-corrected chi connectivity index (χ1v) is 9.78. The zero-order chi connectivity index (χ0) is 19.1. The second-order valence-corrected chi connectivity index (χ2v) is 7.61. The Morgan fingerprint density at radius 2 is 1.86 bits per heavy atom. The predicted octanol–water partition coefficient (Wildman–Crippen LogP) is 3.82. The molecule has 1 aliphatic heterocycles. The summed E-state index contributed by atoms with van der Waals surface area (Å²) in [6.45, 7) is 4.28. The summed E-state index contributed by atoms with van der Waals surface area (Å²) in [6.07, 6.45) is 3.75. The molecule has 1 aliphatic rings. The number of imidazole rings is 1. The molecule has 28 heavy (non-hydrogen) atoms. The third kappa shape index (κ3) is 3.15. The van der Waals surface area contributed by atoms with Gasteiger partial charge in [-0.1, -0.05) is 23.7 Å². The maximum absolute atomic E-state index is 6.29. The van der Waals surface area contributed by atoms with Crippen LogP contribution in [0.15, 0.2) is 54.9 Å². The van der Waals surface area contributed by atoms with Gasteiger partial charge in [0.05, 0.1) is 33.5 Å². The maximum Gasteiger partial charge on any atom is 0.141 e. The summed E-state index contributed by atoms with van der Waals surface area (Å²) in [6, 6.07) is 14.1. The van der Waals surface area contributed by atoms with Gasteiger partial charge >= 0.3 is 0 Å². The van der Waals surface area contributed by atoms with Crippen LogP contribution in [0.25, 0.3) is 28.1 Å². The van der Waals surface area contributed by atoms with E-state index in [2.05, 4.69) is 45.1 Å². The normalized spacial score (nSPS) is 15.4. The molecule has 0 atom stereocenters.